The molecule has 0 aliphatic carbocycles. The molecule has 6 unspecified atom stereocenters. The Kier molecular flexibility index (Phi) is 10.7. The van der Waals surface area contributed by atoms with E-state index >= 15 is 0 Å². The van der Waals surface area contributed by atoms with Crippen molar-refractivity contribution >= 4 is 50.9 Å². The Morgan fingerprint density at radius 1 is 1.29 bits per heavy atom. The van der Waals surface area contributed by atoms with Crippen molar-refractivity contribution < 1.29 is 36.9 Å². The van der Waals surface area contributed by atoms with Gasteiger partial charge in [0.25, 0.3) is 0 Å². The standard InChI is InChI=1S/C23H32ClN7O8P2/c1-5-15(3)18(22(32)35-6-2)29-41(33,37-17-10-8-7-9-11-17)39-40(34-4)36-13-16-12-30(16)38-31-14-26-19-20(25)27-23(24)28-21(19)31/h7-11,14-16,18H,5-6,12-13H2,1-4H3,(H,29,33)(H2,25,27,28). The van der Waals surface area contributed by atoms with E-state index in [2.05, 4.69) is 20.0 Å². The fourth-order valence-electron chi connectivity index (χ4n) is 3.53. The summed E-state index contributed by atoms with van der Waals surface area (Å²) in [6.45, 7) is 6.18. The highest BCUT2D eigenvalue weighted by molar-refractivity contribution is 7.61. The van der Waals surface area contributed by atoms with Gasteiger partial charge in [-0.3, -0.25) is 4.79 Å². The number of halogens is 1. The Labute approximate surface area is 243 Å². The molecule has 0 saturated carbocycles. The van der Waals surface area contributed by atoms with Crippen LogP contribution < -0.4 is 20.3 Å². The van der Waals surface area contributed by atoms with E-state index in [1.807, 2.05) is 13.8 Å². The predicted octanol–water partition coefficient (Wildman–Crippen LogP) is 3.75. The van der Waals surface area contributed by atoms with Crippen LogP contribution in [0.15, 0.2) is 36.7 Å². The largest absolute Gasteiger partial charge is 0.466 e. The van der Waals surface area contributed by atoms with E-state index in [1.54, 1.807) is 42.3 Å². The second-order valence-corrected chi connectivity index (χ2v) is 12.4. The number of imidazole rings is 1. The smallest absolute Gasteiger partial charge is 0.465 e. The maximum absolute atomic E-state index is 14.0. The van der Waals surface area contributed by atoms with E-state index in [4.69, 9.17) is 44.9 Å². The minimum Gasteiger partial charge on any atom is -0.465 e. The van der Waals surface area contributed by atoms with Gasteiger partial charge in [-0.2, -0.15) is 15.1 Å². The Morgan fingerprint density at radius 3 is 2.73 bits per heavy atom. The molecule has 41 heavy (non-hydrogen) atoms. The number of rotatable bonds is 16. The molecular formula is C23H32ClN7O8P2. The van der Waals surface area contributed by atoms with Crippen molar-refractivity contribution in [2.24, 2.45) is 5.92 Å². The number of nitrogen functional groups attached to an aromatic ring is 1. The molecule has 1 aliphatic heterocycles. The second-order valence-electron chi connectivity index (χ2n) is 8.89. The fourth-order valence-corrected chi connectivity index (χ4v) is 6.73. The molecule has 1 aliphatic rings. The van der Waals surface area contributed by atoms with E-state index in [0.717, 1.165) is 0 Å². The van der Waals surface area contributed by atoms with Gasteiger partial charge in [0.1, 0.15) is 18.1 Å². The van der Waals surface area contributed by atoms with Crippen LogP contribution in [0.4, 0.5) is 5.82 Å². The molecule has 0 spiro atoms. The summed E-state index contributed by atoms with van der Waals surface area (Å²) in [5.41, 5.74) is 6.49. The number of hydroxylamine groups is 2. The Bertz CT molecular complexity index is 1370. The Balaban J connectivity index is 1.41. The van der Waals surface area contributed by atoms with Crippen molar-refractivity contribution in [3.8, 4) is 5.75 Å². The van der Waals surface area contributed by atoms with E-state index in [-0.39, 0.29) is 42.0 Å². The SMILES string of the molecule is CCOC(=O)C(NP(=O)(Oc1ccccc1)OP(OC)OCC1CN1On1cnc2c(N)nc(Cl)nc21)C(C)CC. The molecule has 3 heterocycles. The van der Waals surface area contributed by atoms with Gasteiger partial charge in [0.2, 0.25) is 10.9 Å². The second kappa shape index (κ2) is 14.0. The quantitative estimate of drug-likeness (QED) is 0.101. The number of ether oxygens (including phenoxy) is 1. The van der Waals surface area contributed by atoms with Crippen LogP contribution in [0.1, 0.15) is 27.2 Å². The van der Waals surface area contributed by atoms with Crippen LogP contribution in [0.3, 0.4) is 0 Å². The maximum atomic E-state index is 14.0. The van der Waals surface area contributed by atoms with E-state index in [9.17, 15) is 9.36 Å². The van der Waals surface area contributed by atoms with Gasteiger partial charge in [0.05, 0.1) is 25.8 Å². The zero-order valence-corrected chi connectivity index (χ0v) is 25.4. The first kappa shape index (κ1) is 31.3. The van der Waals surface area contributed by atoms with Gasteiger partial charge >= 0.3 is 22.3 Å². The summed E-state index contributed by atoms with van der Waals surface area (Å²) in [5, 5.41) is 4.31. The predicted molar refractivity (Wildman–Crippen MR) is 150 cm³/mol. The number of para-hydroxylation sites is 1. The lowest BCUT2D eigenvalue weighted by molar-refractivity contribution is -0.146. The topological polar surface area (TPSA) is 174 Å². The normalized spacial score (nSPS) is 20.1. The lowest BCUT2D eigenvalue weighted by Gasteiger charge is -2.28. The van der Waals surface area contributed by atoms with E-state index in [1.165, 1.54) is 18.2 Å². The summed E-state index contributed by atoms with van der Waals surface area (Å²) in [7, 11) is -5.05. The summed E-state index contributed by atoms with van der Waals surface area (Å²) in [4.78, 5) is 30.6. The highest BCUT2D eigenvalue weighted by Crippen LogP contribution is 2.58. The van der Waals surface area contributed by atoms with E-state index in [0.29, 0.717) is 24.1 Å². The number of esters is 1. The molecule has 0 radical (unpaired) electrons. The highest BCUT2D eigenvalue weighted by atomic mass is 35.5. The summed E-state index contributed by atoms with van der Waals surface area (Å²) < 4.78 is 43.2. The molecule has 15 nitrogen and oxygen atoms in total. The first-order valence-electron chi connectivity index (χ1n) is 12.7. The van der Waals surface area contributed by atoms with Crippen LogP contribution in [0.2, 0.25) is 5.28 Å². The van der Waals surface area contributed by atoms with Crippen molar-refractivity contribution in [2.75, 3.05) is 32.6 Å². The summed E-state index contributed by atoms with van der Waals surface area (Å²) in [5.74, 6) is -0.423. The number of aromatic nitrogens is 4. The van der Waals surface area contributed by atoms with Crippen molar-refractivity contribution in [3.05, 3.63) is 41.9 Å². The van der Waals surface area contributed by atoms with Gasteiger partial charge in [0.15, 0.2) is 11.3 Å². The molecule has 3 N–H and O–H groups in total. The number of carbonyl (C=O) groups excluding carboxylic acids is 1. The summed E-state index contributed by atoms with van der Waals surface area (Å²) in [6.07, 6.45) is 2.00. The van der Waals surface area contributed by atoms with Gasteiger partial charge < -0.3 is 29.0 Å². The highest BCUT2D eigenvalue weighted by Gasteiger charge is 2.43. The third kappa shape index (κ3) is 8.24. The van der Waals surface area contributed by atoms with Crippen molar-refractivity contribution in [3.63, 3.8) is 0 Å². The van der Waals surface area contributed by atoms with Gasteiger partial charge in [0, 0.05) is 7.11 Å². The third-order valence-corrected chi connectivity index (χ3v) is 9.20. The molecule has 6 atom stereocenters. The number of anilines is 1. The molecular weight excluding hydrogens is 600 g/mol. The lowest BCUT2D eigenvalue weighted by atomic mass is 10.0. The number of hydrogen-bond donors (Lipinski definition) is 2. The molecule has 18 heteroatoms. The van der Waals surface area contributed by atoms with Gasteiger partial charge in [-0.1, -0.05) is 38.5 Å². The van der Waals surface area contributed by atoms with Crippen molar-refractivity contribution in [1.82, 2.24) is 29.8 Å². The maximum Gasteiger partial charge on any atom is 0.466 e. The van der Waals surface area contributed by atoms with Crippen LogP contribution in [0, 0.1) is 5.92 Å². The molecule has 3 aromatic rings. The average Bonchev–Trinajstić information content (AvgIpc) is 3.57. The molecule has 224 valence electrons. The lowest BCUT2D eigenvalue weighted by Crippen LogP contribution is -2.42. The summed E-state index contributed by atoms with van der Waals surface area (Å²) in [6, 6.07) is 7.28. The monoisotopic (exact) mass is 631 g/mol. The first-order chi connectivity index (χ1) is 19.7. The first-order valence-corrected chi connectivity index (χ1v) is 15.7. The van der Waals surface area contributed by atoms with Crippen molar-refractivity contribution in [1.29, 1.82) is 0 Å². The van der Waals surface area contributed by atoms with Gasteiger partial charge in [-0.15, -0.1) is 9.79 Å². The van der Waals surface area contributed by atoms with Crippen LogP contribution in [0.25, 0.3) is 11.2 Å². The van der Waals surface area contributed by atoms with Crippen LogP contribution >= 0.6 is 27.9 Å². The van der Waals surface area contributed by atoms with Crippen LogP contribution in [-0.4, -0.2) is 69.7 Å². The molecule has 4 rings (SSSR count). The third-order valence-electron chi connectivity index (χ3n) is 5.94. The number of nitrogens with one attached hydrogen (secondary N) is 1. The molecule has 0 amide bonds. The minimum atomic E-state index is -4.22. The number of nitrogens with zero attached hydrogens (tertiary/aromatic N) is 5. The fraction of sp³-hybridized carbons (Fsp3) is 0.478. The van der Waals surface area contributed by atoms with Gasteiger partial charge in [-0.05, 0) is 36.6 Å². The van der Waals surface area contributed by atoms with Crippen LogP contribution in [-0.2, 0) is 27.5 Å². The number of fused-ring (bicyclic) bond motifs is 1. The summed E-state index contributed by atoms with van der Waals surface area (Å²) >= 11 is 5.91. The molecule has 1 aromatic carbocycles. The Hall–Kier alpha value is -2.61. The number of hydrogen-bond acceptors (Lipinski definition) is 13. The zero-order valence-electron chi connectivity index (χ0n) is 22.9. The zero-order chi connectivity index (χ0) is 29.6. The molecule has 0 bridgehead atoms. The molecule has 2 aromatic heterocycles. The minimum absolute atomic E-state index is 0.0387. The number of benzene rings is 1. The Morgan fingerprint density at radius 2 is 2.05 bits per heavy atom. The van der Waals surface area contributed by atoms with E-state index < -0.39 is 28.4 Å². The van der Waals surface area contributed by atoms with Gasteiger partial charge in [-0.25, -0.2) is 13.9 Å². The molecule has 1 fully saturated rings. The van der Waals surface area contributed by atoms with Crippen molar-refractivity contribution in [2.45, 2.75) is 39.3 Å². The number of nitrogens with two attached hydrogens (primary N) is 1. The van der Waals surface area contributed by atoms with Crippen LogP contribution in [0.5, 0.6) is 5.75 Å². The average molecular weight is 632 g/mol. The molecule has 1 saturated heterocycles. The number of carbonyl (C=O) groups is 1.